The van der Waals surface area contributed by atoms with Gasteiger partial charge in [-0.1, -0.05) is 54.3 Å². The number of allylic oxidation sites excluding steroid dienone is 2. The molecule has 0 N–H and O–H groups in total. The summed E-state index contributed by atoms with van der Waals surface area (Å²) >= 11 is 0. The predicted octanol–water partition coefficient (Wildman–Crippen LogP) is 3.91. The van der Waals surface area contributed by atoms with Crippen molar-refractivity contribution in [2.45, 2.75) is 25.9 Å². The van der Waals surface area contributed by atoms with E-state index in [1.54, 1.807) is 12.2 Å². The van der Waals surface area contributed by atoms with Gasteiger partial charge in [0.15, 0.2) is 0 Å². The van der Waals surface area contributed by atoms with Crippen LogP contribution in [0.4, 0.5) is 0 Å². The fourth-order valence-electron chi connectivity index (χ4n) is 2.21. The molecule has 0 saturated heterocycles. The summed E-state index contributed by atoms with van der Waals surface area (Å²) in [6.45, 7) is 8.48. The molecule has 3 nitrogen and oxygen atoms in total. The Bertz CT molecular complexity index is 554. The molecule has 0 aliphatic carbocycles. The molecule has 0 atom stereocenters. The molecule has 0 fully saturated rings. The summed E-state index contributed by atoms with van der Waals surface area (Å²) in [5, 5.41) is 0. The van der Waals surface area contributed by atoms with E-state index in [4.69, 9.17) is 9.47 Å². The summed E-state index contributed by atoms with van der Waals surface area (Å²) in [5.41, 5.74) is 0.236. The third kappa shape index (κ3) is 6.14. The molecule has 0 amide bonds. The number of esters is 1. The van der Waals surface area contributed by atoms with E-state index in [1.165, 1.54) is 7.11 Å². The Morgan fingerprint density at radius 3 is 2.43 bits per heavy atom. The molecule has 0 radical (unpaired) electrons. The van der Waals surface area contributed by atoms with E-state index in [1.807, 2.05) is 30.3 Å². The summed E-state index contributed by atoms with van der Waals surface area (Å²) < 4.78 is 10.5. The molecule has 0 aromatic heterocycles. The van der Waals surface area contributed by atoms with Crippen molar-refractivity contribution in [2.75, 3.05) is 13.7 Å². The zero-order valence-corrected chi connectivity index (χ0v) is 13.7. The second kappa shape index (κ2) is 10.4. The lowest BCUT2D eigenvalue weighted by atomic mass is 9.81. The van der Waals surface area contributed by atoms with Gasteiger partial charge in [0, 0.05) is 6.42 Å². The van der Waals surface area contributed by atoms with Gasteiger partial charge >= 0.3 is 5.97 Å². The molecule has 23 heavy (non-hydrogen) atoms. The maximum atomic E-state index is 12.1. The van der Waals surface area contributed by atoms with Crippen molar-refractivity contribution in [1.82, 2.24) is 0 Å². The Labute approximate surface area is 139 Å². The third-order valence-electron chi connectivity index (χ3n) is 3.37. The number of benzene rings is 1. The van der Waals surface area contributed by atoms with Crippen LogP contribution in [-0.2, 0) is 20.9 Å². The van der Waals surface area contributed by atoms with Crippen LogP contribution in [0.3, 0.4) is 0 Å². The summed E-state index contributed by atoms with van der Waals surface area (Å²) in [5.74, 6) is 5.71. The van der Waals surface area contributed by atoms with E-state index in [0.29, 0.717) is 32.5 Å². The second-order valence-corrected chi connectivity index (χ2v) is 5.15. The first kappa shape index (κ1) is 18.7. The van der Waals surface area contributed by atoms with Crippen LogP contribution in [0.2, 0.25) is 0 Å². The Hall–Kier alpha value is -2.31. The number of rotatable bonds is 9. The van der Waals surface area contributed by atoms with Crippen molar-refractivity contribution in [3.05, 3.63) is 61.2 Å². The molecule has 0 saturated carbocycles. The fourth-order valence-corrected chi connectivity index (χ4v) is 2.21. The minimum atomic E-state index is -0.891. The lowest BCUT2D eigenvalue weighted by Crippen LogP contribution is -2.30. The molecule has 0 heterocycles. The van der Waals surface area contributed by atoms with Crippen LogP contribution in [0.1, 0.15) is 24.8 Å². The van der Waals surface area contributed by atoms with Gasteiger partial charge in [-0.3, -0.25) is 4.79 Å². The number of ether oxygens (including phenoxy) is 2. The summed E-state index contributed by atoms with van der Waals surface area (Å²) in [6.07, 6.45) is 4.79. The highest BCUT2D eigenvalue weighted by atomic mass is 16.5. The molecule has 0 unspecified atom stereocenters. The van der Waals surface area contributed by atoms with Crippen molar-refractivity contribution < 1.29 is 14.3 Å². The molecule has 1 aromatic rings. The van der Waals surface area contributed by atoms with Crippen molar-refractivity contribution in [1.29, 1.82) is 0 Å². The molecule has 0 aliphatic rings. The van der Waals surface area contributed by atoms with Crippen LogP contribution in [-0.4, -0.2) is 19.7 Å². The standard InChI is InChI=1S/C20H24O3/c1-4-13-20(14-5-2,19(21)22-3)15-9-10-16-23-17-18-11-7-6-8-12-18/h4-8,11-12H,1-2,10,13-14,16-17H2,3H3. The highest BCUT2D eigenvalue weighted by Gasteiger charge is 2.35. The largest absolute Gasteiger partial charge is 0.468 e. The highest BCUT2D eigenvalue weighted by molar-refractivity contribution is 5.81. The molecule has 0 aliphatic heterocycles. The van der Waals surface area contributed by atoms with E-state index in [9.17, 15) is 4.79 Å². The highest BCUT2D eigenvalue weighted by Crippen LogP contribution is 2.28. The van der Waals surface area contributed by atoms with E-state index in [-0.39, 0.29) is 5.97 Å². The fraction of sp³-hybridized carbons (Fsp3) is 0.350. The van der Waals surface area contributed by atoms with Crippen LogP contribution >= 0.6 is 0 Å². The Morgan fingerprint density at radius 2 is 1.87 bits per heavy atom. The summed E-state index contributed by atoms with van der Waals surface area (Å²) in [6, 6.07) is 9.96. The number of carbonyl (C=O) groups excluding carboxylic acids is 1. The second-order valence-electron chi connectivity index (χ2n) is 5.15. The van der Waals surface area contributed by atoms with Gasteiger partial charge in [0.05, 0.1) is 20.3 Å². The predicted molar refractivity (Wildman–Crippen MR) is 92.6 cm³/mol. The SMILES string of the molecule is C=CCC(C#CCCOCc1ccccc1)(CC=C)C(=O)OC. The van der Waals surface area contributed by atoms with Crippen molar-refractivity contribution in [3.8, 4) is 11.8 Å². The average molecular weight is 312 g/mol. The van der Waals surface area contributed by atoms with Gasteiger partial charge in [-0.15, -0.1) is 13.2 Å². The quantitative estimate of drug-likeness (QED) is 0.300. The first-order valence-corrected chi connectivity index (χ1v) is 7.60. The molecule has 0 spiro atoms. The molecule has 1 rings (SSSR count). The minimum Gasteiger partial charge on any atom is -0.468 e. The third-order valence-corrected chi connectivity index (χ3v) is 3.37. The van der Waals surface area contributed by atoms with E-state index in [2.05, 4.69) is 25.0 Å². The van der Waals surface area contributed by atoms with Crippen molar-refractivity contribution >= 4 is 5.97 Å². The van der Waals surface area contributed by atoms with Crippen LogP contribution in [0, 0.1) is 17.3 Å². The lowest BCUT2D eigenvalue weighted by Gasteiger charge is -2.22. The number of methoxy groups -OCH3 is 1. The van der Waals surface area contributed by atoms with Gasteiger partial charge in [0.1, 0.15) is 5.41 Å². The average Bonchev–Trinajstić information content (AvgIpc) is 2.58. The monoisotopic (exact) mass is 312 g/mol. The van der Waals surface area contributed by atoms with Gasteiger partial charge in [0.2, 0.25) is 0 Å². The molecular formula is C20H24O3. The van der Waals surface area contributed by atoms with Crippen LogP contribution in [0.15, 0.2) is 55.6 Å². The van der Waals surface area contributed by atoms with E-state index < -0.39 is 5.41 Å². The topological polar surface area (TPSA) is 35.5 Å². The normalized spacial score (nSPS) is 10.3. The van der Waals surface area contributed by atoms with Gasteiger partial charge in [-0.2, -0.15) is 0 Å². The lowest BCUT2D eigenvalue weighted by molar-refractivity contribution is -0.149. The summed E-state index contributed by atoms with van der Waals surface area (Å²) in [7, 11) is 1.37. The van der Waals surface area contributed by atoms with Crippen LogP contribution < -0.4 is 0 Å². The Balaban J connectivity index is 2.56. The molecule has 1 aromatic carbocycles. The number of hydrogen-bond donors (Lipinski definition) is 0. The zero-order valence-electron chi connectivity index (χ0n) is 13.7. The summed E-state index contributed by atoms with van der Waals surface area (Å²) in [4.78, 5) is 12.1. The van der Waals surface area contributed by atoms with Gasteiger partial charge < -0.3 is 9.47 Å². The van der Waals surface area contributed by atoms with Crippen molar-refractivity contribution in [3.63, 3.8) is 0 Å². The van der Waals surface area contributed by atoms with Crippen molar-refractivity contribution in [2.24, 2.45) is 5.41 Å². The first-order chi connectivity index (χ1) is 11.2. The Morgan fingerprint density at radius 1 is 1.22 bits per heavy atom. The molecule has 0 bridgehead atoms. The van der Waals surface area contributed by atoms with E-state index >= 15 is 0 Å². The van der Waals surface area contributed by atoms with E-state index in [0.717, 1.165) is 5.56 Å². The number of hydrogen-bond acceptors (Lipinski definition) is 3. The van der Waals surface area contributed by atoms with Crippen LogP contribution in [0.25, 0.3) is 0 Å². The van der Waals surface area contributed by atoms with Gasteiger partial charge in [-0.25, -0.2) is 0 Å². The molecule has 3 heteroatoms. The van der Waals surface area contributed by atoms with Gasteiger partial charge in [0.25, 0.3) is 0 Å². The van der Waals surface area contributed by atoms with Crippen LogP contribution in [0.5, 0.6) is 0 Å². The maximum Gasteiger partial charge on any atom is 0.324 e. The Kier molecular flexibility index (Phi) is 8.49. The maximum absolute atomic E-state index is 12.1. The first-order valence-electron chi connectivity index (χ1n) is 7.60. The van der Waals surface area contributed by atoms with Gasteiger partial charge in [-0.05, 0) is 18.4 Å². The minimum absolute atomic E-state index is 0.352. The molecule has 122 valence electrons. The zero-order chi connectivity index (χ0) is 17.0. The smallest absolute Gasteiger partial charge is 0.324 e. The molecular weight excluding hydrogens is 288 g/mol. The number of carbonyl (C=O) groups is 1.